The molecule has 3 fully saturated rings. The van der Waals surface area contributed by atoms with Gasteiger partial charge in [-0.3, -0.25) is 0 Å². The van der Waals surface area contributed by atoms with Crippen LogP contribution < -0.4 is 0 Å². The molecule has 0 unspecified atom stereocenters. The van der Waals surface area contributed by atoms with Gasteiger partial charge in [-0.05, 0) is 44.1 Å². The van der Waals surface area contributed by atoms with Crippen LogP contribution >= 0.6 is 0 Å². The molecule has 24 heavy (non-hydrogen) atoms. The molecule has 3 rings (SSSR count). The average molecular weight is 346 g/mol. The lowest BCUT2D eigenvalue weighted by Crippen LogP contribution is -2.46. The SMILES string of the molecule is CC1COC(C2COC(C3CCC(CC=C(F)F)CC3)OC2)OC1. The Morgan fingerprint density at radius 2 is 1.38 bits per heavy atom. The maximum atomic E-state index is 12.2. The first-order chi connectivity index (χ1) is 11.6. The number of hydrogen-bond acceptors (Lipinski definition) is 4. The van der Waals surface area contributed by atoms with Gasteiger partial charge in [-0.2, -0.15) is 8.78 Å². The maximum Gasteiger partial charge on any atom is 0.266 e. The van der Waals surface area contributed by atoms with Gasteiger partial charge >= 0.3 is 0 Å². The number of allylic oxidation sites excluding steroid dienone is 1. The standard InChI is InChI=1S/C18H28F2O4/c1-12-8-21-18(22-9-12)15-10-23-17(24-11-15)14-5-2-13(3-6-14)4-7-16(19)20/h7,12-15,17-18H,2-6,8-11H2,1H3. The Hall–Kier alpha value is -0.560. The van der Waals surface area contributed by atoms with Crippen molar-refractivity contribution < 1.29 is 27.7 Å². The highest BCUT2D eigenvalue weighted by molar-refractivity contribution is 4.86. The van der Waals surface area contributed by atoms with Gasteiger partial charge in [0, 0.05) is 11.8 Å². The van der Waals surface area contributed by atoms with Crippen LogP contribution in [0.25, 0.3) is 0 Å². The van der Waals surface area contributed by atoms with Crippen molar-refractivity contribution in [2.24, 2.45) is 23.7 Å². The van der Waals surface area contributed by atoms with Crippen molar-refractivity contribution in [1.29, 1.82) is 0 Å². The lowest BCUT2D eigenvalue weighted by molar-refractivity contribution is -0.290. The molecule has 4 nitrogen and oxygen atoms in total. The normalized spacial score (nSPS) is 41.0. The molecular weight excluding hydrogens is 318 g/mol. The minimum atomic E-state index is -1.57. The van der Waals surface area contributed by atoms with Crippen LogP contribution in [0.4, 0.5) is 8.78 Å². The van der Waals surface area contributed by atoms with E-state index in [2.05, 4.69) is 6.92 Å². The topological polar surface area (TPSA) is 36.9 Å². The monoisotopic (exact) mass is 346 g/mol. The molecule has 0 bridgehead atoms. The molecule has 1 aliphatic carbocycles. The Morgan fingerprint density at radius 3 is 1.96 bits per heavy atom. The summed E-state index contributed by atoms with van der Waals surface area (Å²) < 4.78 is 47.6. The van der Waals surface area contributed by atoms with Crippen LogP contribution in [0, 0.1) is 23.7 Å². The van der Waals surface area contributed by atoms with E-state index in [1.165, 1.54) is 0 Å². The van der Waals surface area contributed by atoms with Crippen molar-refractivity contribution >= 4 is 0 Å². The van der Waals surface area contributed by atoms with Gasteiger partial charge in [0.25, 0.3) is 6.08 Å². The molecule has 1 saturated carbocycles. The van der Waals surface area contributed by atoms with Gasteiger partial charge in [-0.1, -0.05) is 6.92 Å². The van der Waals surface area contributed by atoms with E-state index in [1.807, 2.05) is 0 Å². The molecule has 6 heteroatoms. The van der Waals surface area contributed by atoms with Crippen molar-refractivity contribution in [3.05, 3.63) is 12.2 Å². The van der Waals surface area contributed by atoms with E-state index >= 15 is 0 Å². The fourth-order valence-corrected chi connectivity index (χ4v) is 3.80. The fraction of sp³-hybridized carbons (Fsp3) is 0.889. The third kappa shape index (κ3) is 4.97. The molecule has 0 N–H and O–H groups in total. The summed E-state index contributed by atoms with van der Waals surface area (Å²) in [5, 5.41) is 0. The first kappa shape index (κ1) is 18.2. The molecule has 0 atom stereocenters. The second-order valence-corrected chi connectivity index (χ2v) is 7.45. The van der Waals surface area contributed by atoms with E-state index in [0.29, 0.717) is 37.4 Å². The van der Waals surface area contributed by atoms with Crippen molar-refractivity contribution in [2.45, 2.75) is 51.6 Å². The highest BCUT2D eigenvalue weighted by Gasteiger charge is 2.36. The third-order valence-electron chi connectivity index (χ3n) is 5.31. The van der Waals surface area contributed by atoms with Crippen LogP contribution in [0.15, 0.2) is 12.2 Å². The lowest BCUT2D eigenvalue weighted by Gasteiger charge is -2.40. The lowest BCUT2D eigenvalue weighted by atomic mass is 9.80. The van der Waals surface area contributed by atoms with Crippen LogP contribution in [-0.4, -0.2) is 39.0 Å². The molecule has 0 aromatic rings. The van der Waals surface area contributed by atoms with Crippen LogP contribution in [0.3, 0.4) is 0 Å². The molecule has 2 saturated heterocycles. The third-order valence-corrected chi connectivity index (χ3v) is 5.31. The van der Waals surface area contributed by atoms with Gasteiger partial charge in [0.05, 0.1) is 32.3 Å². The number of rotatable bonds is 4. The molecular formula is C18H28F2O4. The quantitative estimate of drug-likeness (QED) is 0.772. The van der Waals surface area contributed by atoms with E-state index in [4.69, 9.17) is 18.9 Å². The van der Waals surface area contributed by atoms with Gasteiger partial charge in [0.2, 0.25) is 0 Å². The summed E-state index contributed by atoms with van der Waals surface area (Å²) in [6.07, 6.45) is 3.47. The number of ether oxygens (including phenoxy) is 4. The summed E-state index contributed by atoms with van der Waals surface area (Å²) in [5.74, 6) is 1.30. The summed E-state index contributed by atoms with van der Waals surface area (Å²) >= 11 is 0. The molecule has 0 spiro atoms. The highest BCUT2D eigenvalue weighted by Crippen LogP contribution is 2.36. The Labute approximate surface area is 142 Å². The number of halogens is 2. The van der Waals surface area contributed by atoms with Crippen LogP contribution in [0.2, 0.25) is 0 Å². The minimum absolute atomic E-state index is 0.128. The van der Waals surface area contributed by atoms with Crippen molar-refractivity contribution in [3.8, 4) is 0 Å². The summed E-state index contributed by atoms with van der Waals surface area (Å²) in [4.78, 5) is 0. The molecule has 0 radical (unpaired) electrons. The van der Waals surface area contributed by atoms with Gasteiger partial charge in [0.1, 0.15) is 0 Å². The van der Waals surface area contributed by atoms with E-state index in [-0.39, 0.29) is 18.5 Å². The summed E-state index contributed by atoms with van der Waals surface area (Å²) in [6.45, 7) is 4.75. The maximum absolute atomic E-state index is 12.2. The predicted octanol–water partition coefficient (Wildman–Crippen LogP) is 3.96. The Morgan fingerprint density at radius 1 is 0.833 bits per heavy atom. The summed E-state index contributed by atoms with van der Waals surface area (Å²) in [6, 6.07) is 0. The second kappa shape index (κ2) is 8.70. The predicted molar refractivity (Wildman–Crippen MR) is 84.4 cm³/mol. The van der Waals surface area contributed by atoms with E-state index in [9.17, 15) is 8.78 Å². The zero-order valence-electron chi connectivity index (χ0n) is 14.3. The van der Waals surface area contributed by atoms with Crippen LogP contribution in [-0.2, 0) is 18.9 Å². The summed E-state index contributed by atoms with van der Waals surface area (Å²) in [7, 11) is 0. The van der Waals surface area contributed by atoms with E-state index in [1.54, 1.807) is 0 Å². The Balaban J connectivity index is 1.37. The molecule has 138 valence electrons. The van der Waals surface area contributed by atoms with Crippen molar-refractivity contribution in [1.82, 2.24) is 0 Å². The largest absolute Gasteiger partial charge is 0.352 e. The van der Waals surface area contributed by atoms with Gasteiger partial charge in [-0.15, -0.1) is 0 Å². The molecule has 2 heterocycles. The van der Waals surface area contributed by atoms with Gasteiger partial charge in [0.15, 0.2) is 12.6 Å². The molecule has 0 aromatic carbocycles. The molecule has 0 amide bonds. The average Bonchev–Trinajstić information content (AvgIpc) is 2.61. The van der Waals surface area contributed by atoms with Crippen molar-refractivity contribution in [3.63, 3.8) is 0 Å². The highest BCUT2D eigenvalue weighted by atomic mass is 19.3. The second-order valence-electron chi connectivity index (χ2n) is 7.45. The fourth-order valence-electron chi connectivity index (χ4n) is 3.80. The van der Waals surface area contributed by atoms with Crippen LogP contribution in [0.5, 0.6) is 0 Å². The van der Waals surface area contributed by atoms with Gasteiger partial charge < -0.3 is 18.9 Å². The summed E-state index contributed by atoms with van der Waals surface area (Å²) in [5.41, 5.74) is 0. The first-order valence-electron chi connectivity index (χ1n) is 9.09. The molecule has 0 aromatic heterocycles. The van der Waals surface area contributed by atoms with E-state index in [0.717, 1.165) is 45.0 Å². The Kier molecular flexibility index (Phi) is 6.61. The zero-order chi connectivity index (χ0) is 16.9. The number of hydrogen-bond donors (Lipinski definition) is 0. The minimum Gasteiger partial charge on any atom is -0.352 e. The van der Waals surface area contributed by atoms with Crippen molar-refractivity contribution in [2.75, 3.05) is 26.4 Å². The van der Waals surface area contributed by atoms with Gasteiger partial charge in [-0.25, -0.2) is 0 Å². The first-order valence-corrected chi connectivity index (χ1v) is 9.09. The smallest absolute Gasteiger partial charge is 0.266 e. The zero-order valence-corrected chi connectivity index (χ0v) is 14.3. The molecule has 2 aliphatic heterocycles. The van der Waals surface area contributed by atoms with Crippen LogP contribution in [0.1, 0.15) is 39.0 Å². The molecule has 3 aliphatic rings. The van der Waals surface area contributed by atoms with E-state index < -0.39 is 6.08 Å². The Bertz CT molecular complexity index is 403.